The molecule has 0 amide bonds. The quantitative estimate of drug-likeness (QED) is 0.0578. The van der Waals surface area contributed by atoms with Gasteiger partial charge in [-0.15, -0.1) is 0 Å². The molecule has 0 aromatic rings. The van der Waals surface area contributed by atoms with Crippen molar-refractivity contribution in [3.63, 3.8) is 0 Å². The fourth-order valence-corrected chi connectivity index (χ4v) is 8.65. The number of unbranched alkanes of at least 4 members (excludes halogenated alkanes) is 9. The molecular formula is C54H104O15. The van der Waals surface area contributed by atoms with E-state index in [1.54, 1.807) is 0 Å². The zero-order chi connectivity index (χ0) is 50.1. The zero-order valence-electron chi connectivity index (χ0n) is 45.3. The maximum absolute atomic E-state index is 11.6. The Morgan fingerprint density at radius 1 is 0.319 bits per heavy atom. The predicted octanol–water partition coefficient (Wildman–Crippen LogP) is 9.87. The Bertz CT molecular complexity index is 1170. The molecule has 3 saturated heterocycles. The molecule has 3 aliphatic heterocycles. The Morgan fingerprint density at radius 3 is 1.00 bits per heavy atom. The molecule has 1 N–H and O–H groups in total. The summed E-state index contributed by atoms with van der Waals surface area (Å²) in [5.74, 6) is 0. The molecule has 15 heteroatoms. The molecule has 0 bridgehead atoms. The lowest BCUT2D eigenvalue weighted by Crippen LogP contribution is -2.68. The molecule has 69 heavy (non-hydrogen) atoms. The monoisotopic (exact) mass is 993 g/mol. The maximum Gasteiger partial charge on any atom is 0.187 e. The average Bonchev–Trinajstić information content (AvgIpc) is 3.34. The smallest absolute Gasteiger partial charge is 0.187 e. The van der Waals surface area contributed by atoms with Crippen LogP contribution in [-0.2, 0) is 66.3 Å². The van der Waals surface area contributed by atoms with Crippen molar-refractivity contribution < 1.29 is 71.4 Å². The summed E-state index contributed by atoms with van der Waals surface area (Å²) in [5, 5.41) is 11.6. The summed E-state index contributed by atoms with van der Waals surface area (Å²) in [6, 6.07) is 0. The standard InChI is InChI=1S/C54H104O15/c1-11-20-29-56-38-41-44(59-32-23-14-4)46(61-34-25-16-6)50(63-36-27-18-8)53(66-41)69-48-45(60-33-24-15-5)42(39-57-30-21-12-2)67-54(51(48)64-37-28-19-9)68-47-43(58-31-22-13-3)40(10)65-52(55)49(47)62-35-26-17-7/h40-55H,11-39H2,1-10H3. The molecule has 0 aromatic heterocycles. The highest BCUT2D eigenvalue weighted by molar-refractivity contribution is 4.99. The van der Waals surface area contributed by atoms with Crippen LogP contribution in [0.3, 0.4) is 0 Å². The molecule has 15 unspecified atom stereocenters. The van der Waals surface area contributed by atoms with Gasteiger partial charge in [-0.05, 0) is 64.7 Å². The second-order valence-electron chi connectivity index (χ2n) is 19.2. The fraction of sp³-hybridized carbons (Fsp3) is 1.00. The summed E-state index contributed by atoms with van der Waals surface area (Å²) in [4.78, 5) is 0. The Morgan fingerprint density at radius 2 is 0.609 bits per heavy atom. The minimum Gasteiger partial charge on any atom is -0.379 e. The summed E-state index contributed by atoms with van der Waals surface area (Å²) in [6.07, 6.45) is 5.33. The van der Waals surface area contributed by atoms with Crippen LogP contribution in [-0.4, -0.2) is 170 Å². The average molecular weight is 993 g/mol. The van der Waals surface area contributed by atoms with Gasteiger partial charge in [-0.25, -0.2) is 0 Å². The van der Waals surface area contributed by atoms with E-state index < -0.39 is 92.1 Å². The van der Waals surface area contributed by atoms with Gasteiger partial charge >= 0.3 is 0 Å². The number of rotatable bonds is 42. The van der Waals surface area contributed by atoms with Crippen LogP contribution in [0.5, 0.6) is 0 Å². The van der Waals surface area contributed by atoms with Crippen molar-refractivity contribution >= 4 is 0 Å². The van der Waals surface area contributed by atoms with Gasteiger partial charge in [0.1, 0.15) is 67.1 Å². The van der Waals surface area contributed by atoms with Crippen LogP contribution in [0, 0.1) is 0 Å². The lowest BCUT2D eigenvalue weighted by Gasteiger charge is -2.51. The maximum atomic E-state index is 11.6. The summed E-state index contributed by atoms with van der Waals surface area (Å²) in [7, 11) is 0. The van der Waals surface area contributed by atoms with E-state index in [0.717, 1.165) is 116 Å². The highest BCUT2D eigenvalue weighted by atomic mass is 16.8. The number of hydrogen-bond acceptors (Lipinski definition) is 15. The van der Waals surface area contributed by atoms with Crippen LogP contribution >= 0.6 is 0 Å². The molecule has 410 valence electrons. The number of ether oxygens (including phenoxy) is 14. The van der Waals surface area contributed by atoms with Crippen molar-refractivity contribution in [2.45, 2.75) is 277 Å². The normalized spacial score (nSPS) is 32.0. The van der Waals surface area contributed by atoms with Crippen LogP contribution in [0.15, 0.2) is 0 Å². The highest BCUT2D eigenvalue weighted by Crippen LogP contribution is 2.38. The summed E-state index contributed by atoms with van der Waals surface area (Å²) in [6.45, 7) is 26.3. The Hall–Kier alpha value is -0.600. The van der Waals surface area contributed by atoms with E-state index in [0.29, 0.717) is 66.1 Å². The molecule has 0 spiro atoms. The number of aliphatic hydroxyl groups is 1. The van der Waals surface area contributed by atoms with E-state index in [4.69, 9.17) is 66.3 Å². The van der Waals surface area contributed by atoms with Crippen LogP contribution < -0.4 is 0 Å². The molecule has 0 aliphatic carbocycles. The number of aliphatic hydroxyl groups excluding tert-OH is 1. The summed E-state index contributed by atoms with van der Waals surface area (Å²) < 4.78 is 95.3. The molecule has 0 saturated carbocycles. The first-order valence-corrected chi connectivity index (χ1v) is 28.2. The molecule has 3 aliphatic rings. The van der Waals surface area contributed by atoms with Gasteiger partial charge in [0.15, 0.2) is 18.9 Å². The van der Waals surface area contributed by atoms with E-state index in [1.165, 1.54) is 0 Å². The van der Waals surface area contributed by atoms with Gasteiger partial charge in [-0.2, -0.15) is 0 Å². The molecule has 3 fully saturated rings. The van der Waals surface area contributed by atoms with Gasteiger partial charge in [0.05, 0.1) is 19.3 Å². The first-order valence-electron chi connectivity index (χ1n) is 28.2. The third-order valence-corrected chi connectivity index (χ3v) is 13.0. The van der Waals surface area contributed by atoms with Crippen LogP contribution in [0.1, 0.15) is 185 Å². The van der Waals surface area contributed by atoms with Crippen molar-refractivity contribution in [1.29, 1.82) is 0 Å². The zero-order valence-corrected chi connectivity index (χ0v) is 45.3. The van der Waals surface area contributed by atoms with Crippen LogP contribution in [0.2, 0.25) is 0 Å². The molecule has 15 atom stereocenters. The van der Waals surface area contributed by atoms with Crippen molar-refractivity contribution in [2.75, 3.05) is 72.7 Å². The largest absolute Gasteiger partial charge is 0.379 e. The van der Waals surface area contributed by atoms with Crippen molar-refractivity contribution in [2.24, 2.45) is 0 Å². The lowest BCUT2D eigenvalue weighted by molar-refractivity contribution is -0.391. The summed E-state index contributed by atoms with van der Waals surface area (Å²) in [5.41, 5.74) is 0. The van der Waals surface area contributed by atoms with E-state index >= 15 is 0 Å². The fourth-order valence-electron chi connectivity index (χ4n) is 8.65. The number of hydrogen-bond donors (Lipinski definition) is 1. The highest BCUT2D eigenvalue weighted by Gasteiger charge is 2.56. The van der Waals surface area contributed by atoms with Gasteiger partial charge < -0.3 is 71.4 Å². The molecule has 3 rings (SSSR count). The SMILES string of the molecule is CCCCOCC1OC(OC2C(OCCCC)C(COCCCC)OC(OC3C(OCCCC)C(C)OC(O)C3OCCCC)C2OCCCC)C(OCCCC)C(OCCCC)C1OCCCC. The van der Waals surface area contributed by atoms with Crippen molar-refractivity contribution in [3.05, 3.63) is 0 Å². The van der Waals surface area contributed by atoms with E-state index in [2.05, 4.69) is 62.3 Å². The molecule has 3 heterocycles. The van der Waals surface area contributed by atoms with Gasteiger partial charge in [0, 0.05) is 59.5 Å². The van der Waals surface area contributed by atoms with Gasteiger partial charge in [-0.1, -0.05) is 120 Å². The summed E-state index contributed by atoms with van der Waals surface area (Å²) >= 11 is 0. The van der Waals surface area contributed by atoms with Gasteiger partial charge in [-0.3, -0.25) is 0 Å². The molecular weight excluding hydrogens is 889 g/mol. The van der Waals surface area contributed by atoms with E-state index in [1.807, 2.05) is 6.92 Å². The van der Waals surface area contributed by atoms with E-state index in [-0.39, 0.29) is 6.61 Å². The Kier molecular flexibility index (Phi) is 35.3. The van der Waals surface area contributed by atoms with Crippen LogP contribution in [0.25, 0.3) is 0 Å². The second kappa shape index (κ2) is 38.9. The van der Waals surface area contributed by atoms with Crippen LogP contribution in [0.4, 0.5) is 0 Å². The van der Waals surface area contributed by atoms with E-state index in [9.17, 15) is 5.11 Å². The molecule has 0 radical (unpaired) electrons. The lowest BCUT2D eigenvalue weighted by atomic mass is 9.95. The van der Waals surface area contributed by atoms with Crippen molar-refractivity contribution in [3.8, 4) is 0 Å². The topological polar surface area (TPSA) is 149 Å². The molecule has 15 nitrogen and oxygen atoms in total. The van der Waals surface area contributed by atoms with Gasteiger partial charge in [0.2, 0.25) is 0 Å². The first-order chi connectivity index (χ1) is 33.8. The first kappa shape index (κ1) is 62.7. The minimum absolute atomic E-state index is 0.226. The molecule has 0 aromatic carbocycles. The Balaban J connectivity index is 2.27. The second-order valence-corrected chi connectivity index (χ2v) is 19.2. The predicted molar refractivity (Wildman–Crippen MR) is 268 cm³/mol. The minimum atomic E-state index is -1.26. The third-order valence-electron chi connectivity index (χ3n) is 13.0. The Labute approximate surface area is 419 Å². The third kappa shape index (κ3) is 22.0. The van der Waals surface area contributed by atoms with Gasteiger partial charge in [0.25, 0.3) is 0 Å². The van der Waals surface area contributed by atoms with Crippen molar-refractivity contribution in [1.82, 2.24) is 0 Å².